The minimum atomic E-state index is 0.545. The molecular weight excluding hydrogens is 302 g/mol. The zero-order valence-electron chi connectivity index (χ0n) is 9.03. The van der Waals surface area contributed by atoms with E-state index < -0.39 is 0 Å². The van der Waals surface area contributed by atoms with E-state index in [1.165, 1.54) is 5.69 Å². The Labute approximate surface area is 113 Å². The highest BCUT2D eigenvalue weighted by Crippen LogP contribution is 2.29. The Hall–Kier alpha value is -0.840. The Bertz CT molecular complexity index is 548. The van der Waals surface area contributed by atoms with Crippen molar-refractivity contribution in [2.24, 2.45) is 0 Å². The average Bonchev–Trinajstić information content (AvgIpc) is 2.68. The molecule has 17 heavy (non-hydrogen) atoms. The zero-order valence-corrected chi connectivity index (χ0v) is 11.4. The van der Waals surface area contributed by atoms with Gasteiger partial charge in [0.15, 0.2) is 0 Å². The number of rotatable bonds is 2. The molecule has 0 bridgehead atoms. The first-order chi connectivity index (χ1) is 8.25. The topological polar surface area (TPSA) is 29.9 Å². The monoisotopic (exact) mass is 311 g/mol. The molecule has 5 heteroatoms. The number of hydrogen-bond acceptors (Lipinski definition) is 2. The third kappa shape index (κ3) is 2.01. The summed E-state index contributed by atoms with van der Waals surface area (Å²) in [4.78, 5) is 4.24. The molecule has 1 aromatic carbocycles. The minimum absolute atomic E-state index is 0.545. The van der Waals surface area contributed by atoms with Crippen LogP contribution in [-0.4, -0.2) is 22.6 Å². The van der Waals surface area contributed by atoms with Gasteiger partial charge in [-0.15, -0.1) is 0 Å². The Balaban J connectivity index is 2.08. The van der Waals surface area contributed by atoms with Gasteiger partial charge in [-0.2, -0.15) is 0 Å². The number of nitrogens with one attached hydrogen (secondary N) is 1. The number of imidazole rings is 1. The van der Waals surface area contributed by atoms with Crippen molar-refractivity contribution in [2.75, 3.05) is 13.1 Å². The molecule has 1 saturated heterocycles. The van der Waals surface area contributed by atoms with Gasteiger partial charge in [0.1, 0.15) is 0 Å². The van der Waals surface area contributed by atoms with Gasteiger partial charge in [0.05, 0.1) is 12.0 Å². The molecular formula is C12H11BrClN3. The maximum absolute atomic E-state index is 6.05. The Morgan fingerprint density at radius 3 is 2.94 bits per heavy atom. The van der Waals surface area contributed by atoms with Crippen LogP contribution in [0.2, 0.25) is 5.02 Å². The van der Waals surface area contributed by atoms with Gasteiger partial charge in [-0.05, 0) is 34.1 Å². The summed E-state index contributed by atoms with van der Waals surface area (Å²) < 4.78 is 3.12. The zero-order chi connectivity index (χ0) is 11.8. The van der Waals surface area contributed by atoms with Gasteiger partial charge in [-0.1, -0.05) is 11.6 Å². The van der Waals surface area contributed by atoms with E-state index in [-0.39, 0.29) is 0 Å². The Morgan fingerprint density at radius 2 is 2.24 bits per heavy atom. The summed E-state index contributed by atoms with van der Waals surface area (Å²) in [5.74, 6) is 0.545. The molecule has 0 atom stereocenters. The van der Waals surface area contributed by atoms with E-state index in [9.17, 15) is 0 Å². The summed E-state index contributed by atoms with van der Waals surface area (Å²) in [6.07, 6.45) is 3.77. The Kier molecular flexibility index (Phi) is 2.94. The second kappa shape index (κ2) is 4.44. The van der Waals surface area contributed by atoms with Gasteiger partial charge >= 0.3 is 0 Å². The van der Waals surface area contributed by atoms with Gasteiger partial charge in [-0.25, -0.2) is 4.98 Å². The van der Waals surface area contributed by atoms with Gasteiger partial charge < -0.3 is 9.88 Å². The minimum Gasteiger partial charge on any atom is -0.315 e. The quantitative estimate of drug-likeness (QED) is 0.924. The molecule has 88 valence electrons. The molecule has 0 spiro atoms. The summed E-state index contributed by atoms with van der Waals surface area (Å²) in [5.41, 5.74) is 2.27. The van der Waals surface area contributed by atoms with Crippen LogP contribution in [0.4, 0.5) is 0 Å². The summed E-state index contributed by atoms with van der Waals surface area (Å²) >= 11 is 9.60. The van der Waals surface area contributed by atoms with E-state index in [1.807, 2.05) is 30.7 Å². The van der Waals surface area contributed by atoms with Gasteiger partial charge in [0.2, 0.25) is 0 Å². The summed E-state index contributed by atoms with van der Waals surface area (Å²) in [5, 5.41) is 4.01. The molecule has 1 aromatic heterocycles. The first-order valence-corrected chi connectivity index (χ1v) is 6.61. The second-order valence-corrected chi connectivity index (χ2v) is 5.43. The fraction of sp³-hybridized carbons (Fsp3) is 0.250. The number of hydrogen-bond donors (Lipinski definition) is 1. The maximum atomic E-state index is 6.05. The molecule has 0 saturated carbocycles. The normalized spacial score (nSPS) is 15.9. The molecule has 1 aliphatic heterocycles. The van der Waals surface area contributed by atoms with Crippen LogP contribution >= 0.6 is 27.5 Å². The molecule has 0 aliphatic carbocycles. The number of benzene rings is 1. The van der Waals surface area contributed by atoms with Crippen molar-refractivity contribution in [3.05, 3.63) is 45.9 Å². The third-order valence-electron chi connectivity index (χ3n) is 3.03. The number of aromatic nitrogens is 2. The van der Waals surface area contributed by atoms with E-state index in [0.717, 1.165) is 28.3 Å². The van der Waals surface area contributed by atoms with Crippen molar-refractivity contribution >= 4 is 27.5 Å². The lowest BCUT2D eigenvalue weighted by Gasteiger charge is -2.28. The molecule has 2 aromatic rings. The van der Waals surface area contributed by atoms with Crippen LogP contribution in [0.15, 0.2) is 35.2 Å². The first kappa shape index (κ1) is 11.3. The van der Waals surface area contributed by atoms with Crippen molar-refractivity contribution in [1.29, 1.82) is 0 Å². The van der Waals surface area contributed by atoms with E-state index in [2.05, 4.69) is 30.8 Å². The van der Waals surface area contributed by atoms with Crippen LogP contribution < -0.4 is 5.32 Å². The van der Waals surface area contributed by atoms with Crippen molar-refractivity contribution in [1.82, 2.24) is 14.9 Å². The predicted molar refractivity (Wildman–Crippen MR) is 71.9 cm³/mol. The van der Waals surface area contributed by atoms with Crippen molar-refractivity contribution in [3.8, 4) is 5.69 Å². The standard InChI is InChI=1S/C12H11BrClN3/c13-10-2-1-9(14)3-11(10)17-7-16-6-12(17)8-4-15-5-8/h1-3,6-8,15H,4-5H2. The van der Waals surface area contributed by atoms with Crippen molar-refractivity contribution < 1.29 is 0 Å². The molecule has 3 rings (SSSR count). The fourth-order valence-corrected chi connectivity index (χ4v) is 2.58. The lowest BCUT2D eigenvalue weighted by atomic mass is 10.00. The van der Waals surface area contributed by atoms with Crippen LogP contribution in [0.1, 0.15) is 11.6 Å². The highest BCUT2D eigenvalue weighted by atomic mass is 79.9. The molecule has 0 radical (unpaired) electrons. The predicted octanol–water partition coefficient (Wildman–Crippen LogP) is 2.98. The van der Waals surface area contributed by atoms with E-state index >= 15 is 0 Å². The third-order valence-corrected chi connectivity index (χ3v) is 3.94. The summed E-state index contributed by atoms with van der Waals surface area (Å²) in [6.45, 7) is 2.04. The molecule has 2 heterocycles. The first-order valence-electron chi connectivity index (χ1n) is 5.44. The fourth-order valence-electron chi connectivity index (χ4n) is 1.98. The van der Waals surface area contributed by atoms with Crippen molar-refractivity contribution in [3.63, 3.8) is 0 Å². The number of halogens is 2. The molecule has 1 fully saturated rings. The van der Waals surface area contributed by atoms with Crippen molar-refractivity contribution in [2.45, 2.75) is 5.92 Å². The highest BCUT2D eigenvalue weighted by molar-refractivity contribution is 9.10. The summed E-state index contributed by atoms with van der Waals surface area (Å²) in [6, 6.07) is 5.78. The van der Waals surface area contributed by atoms with Crippen LogP contribution in [-0.2, 0) is 0 Å². The van der Waals surface area contributed by atoms with E-state index in [1.54, 1.807) is 0 Å². The molecule has 1 N–H and O–H groups in total. The van der Waals surface area contributed by atoms with Crippen LogP contribution in [0.25, 0.3) is 5.69 Å². The Morgan fingerprint density at radius 1 is 1.41 bits per heavy atom. The maximum Gasteiger partial charge on any atom is 0.0994 e. The summed E-state index contributed by atoms with van der Waals surface area (Å²) in [7, 11) is 0. The SMILES string of the molecule is Clc1ccc(Br)c(-n2cncc2C2CNC2)c1. The van der Waals surface area contributed by atoms with Crippen LogP contribution in [0.3, 0.4) is 0 Å². The second-order valence-electron chi connectivity index (χ2n) is 4.14. The highest BCUT2D eigenvalue weighted by Gasteiger charge is 2.23. The van der Waals surface area contributed by atoms with Crippen LogP contribution in [0.5, 0.6) is 0 Å². The largest absolute Gasteiger partial charge is 0.315 e. The van der Waals surface area contributed by atoms with Gasteiger partial charge in [0, 0.05) is 40.4 Å². The molecule has 1 aliphatic rings. The molecule has 0 unspecified atom stereocenters. The van der Waals surface area contributed by atoms with E-state index in [0.29, 0.717) is 5.92 Å². The number of nitrogens with zero attached hydrogens (tertiary/aromatic N) is 2. The molecule has 3 nitrogen and oxygen atoms in total. The molecule has 0 amide bonds. The lowest BCUT2D eigenvalue weighted by molar-refractivity contribution is 0.435. The van der Waals surface area contributed by atoms with Gasteiger partial charge in [0.25, 0.3) is 0 Å². The average molecular weight is 313 g/mol. The van der Waals surface area contributed by atoms with Crippen LogP contribution in [0, 0.1) is 0 Å². The smallest absolute Gasteiger partial charge is 0.0994 e. The lowest BCUT2D eigenvalue weighted by Crippen LogP contribution is -2.40. The van der Waals surface area contributed by atoms with E-state index in [4.69, 9.17) is 11.6 Å². The van der Waals surface area contributed by atoms with Gasteiger partial charge in [-0.3, -0.25) is 0 Å².